The molecule has 0 aliphatic rings. The number of halogens is 1. The van der Waals surface area contributed by atoms with Crippen molar-refractivity contribution in [2.75, 3.05) is 12.3 Å². The van der Waals surface area contributed by atoms with Gasteiger partial charge in [-0.2, -0.15) is 0 Å². The van der Waals surface area contributed by atoms with Crippen LogP contribution < -0.4 is 5.30 Å². The summed E-state index contributed by atoms with van der Waals surface area (Å²) in [6.45, 7) is 2.19. The molecule has 0 N–H and O–H groups in total. The maximum Gasteiger partial charge on any atom is 0.0463 e. The SMILES string of the molecule is CP(CCl)c1ccccc1. The molecule has 0 saturated carbocycles. The molecule has 0 amide bonds. The first kappa shape index (κ1) is 8.04. The third-order valence-electron chi connectivity index (χ3n) is 1.38. The summed E-state index contributed by atoms with van der Waals surface area (Å²) < 4.78 is 0. The quantitative estimate of drug-likeness (QED) is 0.475. The van der Waals surface area contributed by atoms with E-state index >= 15 is 0 Å². The maximum absolute atomic E-state index is 5.72. The monoisotopic (exact) mass is 172 g/mol. The van der Waals surface area contributed by atoms with Crippen LogP contribution in [0.2, 0.25) is 0 Å². The molecule has 0 aliphatic carbocycles. The third-order valence-corrected chi connectivity index (χ3v) is 3.99. The average Bonchev–Trinajstić information content (AvgIpc) is 2.05. The zero-order chi connectivity index (χ0) is 7.40. The van der Waals surface area contributed by atoms with Gasteiger partial charge in [-0.1, -0.05) is 38.3 Å². The lowest BCUT2D eigenvalue weighted by Gasteiger charge is -2.06. The lowest BCUT2D eigenvalue weighted by Crippen LogP contribution is -1.97. The molecular weight excluding hydrogens is 163 g/mol. The van der Waals surface area contributed by atoms with E-state index in [1.165, 1.54) is 5.30 Å². The molecule has 1 aromatic carbocycles. The molecule has 0 nitrogen and oxygen atoms in total. The highest BCUT2D eigenvalue weighted by Gasteiger charge is 1.99. The van der Waals surface area contributed by atoms with Crippen molar-refractivity contribution < 1.29 is 0 Å². The molecule has 54 valence electrons. The van der Waals surface area contributed by atoms with E-state index in [2.05, 4.69) is 30.9 Å². The second-order valence-electron chi connectivity index (χ2n) is 2.15. The minimum absolute atomic E-state index is 0.108. The Hall–Kier alpha value is -0.0600. The van der Waals surface area contributed by atoms with Crippen LogP contribution in [0.1, 0.15) is 0 Å². The molecule has 0 aliphatic heterocycles. The van der Waals surface area contributed by atoms with E-state index in [9.17, 15) is 0 Å². The van der Waals surface area contributed by atoms with Crippen molar-refractivity contribution in [3.05, 3.63) is 30.3 Å². The van der Waals surface area contributed by atoms with Crippen molar-refractivity contribution in [3.63, 3.8) is 0 Å². The Labute approximate surface area is 68.0 Å². The van der Waals surface area contributed by atoms with Crippen LogP contribution in [0.25, 0.3) is 0 Å². The van der Waals surface area contributed by atoms with E-state index in [-0.39, 0.29) is 7.92 Å². The average molecular weight is 173 g/mol. The van der Waals surface area contributed by atoms with Crippen molar-refractivity contribution in [1.29, 1.82) is 0 Å². The van der Waals surface area contributed by atoms with Gasteiger partial charge in [-0.3, -0.25) is 0 Å². The first-order chi connectivity index (χ1) is 4.84. The van der Waals surface area contributed by atoms with E-state index in [4.69, 9.17) is 11.6 Å². The fourth-order valence-electron chi connectivity index (χ4n) is 0.751. The van der Waals surface area contributed by atoms with Crippen LogP contribution in [0.3, 0.4) is 0 Å². The lowest BCUT2D eigenvalue weighted by atomic mass is 10.4. The standard InChI is InChI=1S/C8H10ClP/c1-10(7-9)8-5-3-2-4-6-8/h2-6H,7H2,1H3. The Balaban J connectivity index is 2.75. The Bertz CT molecular complexity index is 186. The van der Waals surface area contributed by atoms with E-state index in [1.807, 2.05) is 6.07 Å². The third kappa shape index (κ3) is 1.97. The molecule has 0 heterocycles. The van der Waals surface area contributed by atoms with Crippen molar-refractivity contribution in [2.45, 2.75) is 0 Å². The summed E-state index contributed by atoms with van der Waals surface area (Å²) in [5.41, 5.74) is 0.763. The van der Waals surface area contributed by atoms with Crippen LogP contribution in [0, 0.1) is 0 Å². The van der Waals surface area contributed by atoms with Gasteiger partial charge in [0.1, 0.15) is 0 Å². The van der Waals surface area contributed by atoms with Gasteiger partial charge in [0.05, 0.1) is 0 Å². The maximum atomic E-state index is 5.72. The summed E-state index contributed by atoms with van der Waals surface area (Å²) in [5, 5.41) is 1.38. The van der Waals surface area contributed by atoms with E-state index in [0.29, 0.717) is 0 Å². The molecule has 2 heteroatoms. The Morgan fingerprint density at radius 2 is 1.90 bits per heavy atom. The second kappa shape index (κ2) is 3.95. The Morgan fingerprint density at radius 1 is 1.30 bits per heavy atom. The van der Waals surface area contributed by atoms with Gasteiger partial charge in [-0.05, 0) is 12.0 Å². The number of hydrogen-bond acceptors (Lipinski definition) is 0. The zero-order valence-corrected chi connectivity index (χ0v) is 7.57. The van der Waals surface area contributed by atoms with E-state index in [0.717, 1.165) is 5.62 Å². The topological polar surface area (TPSA) is 0 Å². The number of alkyl halides is 1. The van der Waals surface area contributed by atoms with Crippen LogP contribution in [0.15, 0.2) is 30.3 Å². The minimum Gasteiger partial charge on any atom is -0.121 e. The van der Waals surface area contributed by atoms with Crippen LogP contribution >= 0.6 is 19.5 Å². The highest BCUT2D eigenvalue weighted by atomic mass is 35.5. The molecule has 0 radical (unpaired) electrons. The van der Waals surface area contributed by atoms with Gasteiger partial charge in [0, 0.05) is 5.62 Å². The fraction of sp³-hybridized carbons (Fsp3) is 0.250. The molecule has 1 unspecified atom stereocenters. The van der Waals surface area contributed by atoms with Crippen LogP contribution in [-0.2, 0) is 0 Å². The van der Waals surface area contributed by atoms with Crippen LogP contribution in [0.4, 0.5) is 0 Å². The first-order valence-electron chi connectivity index (χ1n) is 3.16. The largest absolute Gasteiger partial charge is 0.121 e. The fourth-order valence-corrected chi connectivity index (χ4v) is 1.98. The molecule has 0 spiro atoms. The lowest BCUT2D eigenvalue weighted by molar-refractivity contribution is 1.76. The Kier molecular flexibility index (Phi) is 3.18. The molecule has 0 bridgehead atoms. The van der Waals surface area contributed by atoms with E-state index < -0.39 is 0 Å². The highest BCUT2D eigenvalue weighted by Crippen LogP contribution is 2.29. The molecule has 1 atom stereocenters. The summed E-state index contributed by atoms with van der Waals surface area (Å²) in [6.07, 6.45) is 0. The number of rotatable bonds is 2. The normalized spacial score (nSPS) is 13.0. The predicted molar refractivity (Wildman–Crippen MR) is 49.6 cm³/mol. The Morgan fingerprint density at radius 3 is 2.40 bits per heavy atom. The van der Waals surface area contributed by atoms with Crippen LogP contribution in [0.5, 0.6) is 0 Å². The molecule has 1 aromatic rings. The van der Waals surface area contributed by atoms with Gasteiger partial charge in [0.15, 0.2) is 0 Å². The number of benzene rings is 1. The minimum atomic E-state index is -0.108. The summed E-state index contributed by atoms with van der Waals surface area (Å²) in [6, 6.07) is 10.4. The number of hydrogen-bond donors (Lipinski definition) is 0. The van der Waals surface area contributed by atoms with Crippen molar-refractivity contribution in [2.24, 2.45) is 0 Å². The van der Waals surface area contributed by atoms with Crippen molar-refractivity contribution >= 4 is 24.8 Å². The highest BCUT2D eigenvalue weighted by molar-refractivity contribution is 7.66. The van der Waals surface area contributed by atoms with Crippen LogP contribution in [-0.4, -0.2) is 12.3 Å². The molecule has 0 fully saturated rings. The predicted octanol–water partition coefficient (Wildman–Crippen LogP) is 2.62. The zero-order valence-electron chi connectivity index (χ0n) is 5.92. The summed E-state index contributed by atoms with van der Waals surface area (Å²) in [4.78, 5) is 0. The second-order valence-corrected chi connectivity index (χ2v) is 5.02. The van der Waals surface area contributed by atoms with E-state index in [1.54, 1.807) is 0 Å². The van der Waals surface area contributed by atoms with Gasteiger partial charge < -0.3 is 0 Å². The summed E-state index contributed by atoms with van der Waals surface area (Å²) in [5.74, 6) is 0. The van der Waals surface area contributed by atoms with Gasteiger partial charge in [-0.15, -0.1) is 11.6 Å². The van der Waals surface area contributed by atoms with Gasteiger partial charge in [-0.25, -0.2) is 0 Å². The van der Waals surface area contributed by atoms with Gasteiger partial charge in [0.25, 0.3) is 0 Å². The first-order valence-corrected chi connectivity index (χ1v) is 5.67. The van der Waals surface area contributed by atoms with Gasteiger partial charge in [0.2, 0.25) is 0 Å². The van der Waals surface area contributed by atoms with Crippen molar-refractivity contribution in [3.8, 4) is 0 Å². The smallest absolute Gasteiger partial charge is 0.0463 e. The molecule has 0 aromatic heterocycles. The molecule has 0 saturated heterocycles. The van der Waals surface area contributed by atoms with Gasteiger partial charge >= 0.3 is 0 Å². The molecule has 10 heavy (non-hydrogen) atoms. The summed E-state index contributed by atoms with van der Waals surface area (Å²) >= 11 is 5.72. The molecule has 1 rings (SSSR count). The summed E-state index contributed by atoms with van der Waals surface area (Å²) in [7, 11) is -0.108. The van der Waals surface area contributed by atoms with Crippen molar-refractivity contribution in [1.82, 2.24) is 0 Å². The molecular formula is C8H10ClP.